The molecule has 0 bridgehead atoms. The standard InChI is InChI=1S/C6H13.ClH.Zn/c1-4-5-6(2)3;;/h4-5H2,1-3H3;1H;/q-1;;+2/p-1. The third kappa shape index (κ3) is 15.8. The van der Waals surface area contributed by atoms with Crippen LogP contribution in [0.2, 0.25) is 0 Å². The zero-order chi connectivity index (χ0) is 6.99. The average Bonchev–Trinajstić information content (AvgIpc) is 1.72. The van der Waals surface area contributed by atoms with Crippen LogP contribution >= 0.6 is 9.69 Å². The summed E-state index contributed by atoms with van der Waals surface area (Å²) in [6.45, 7) is 6.54. The van der Waals surface area contributed by atoms with Crippen molar-refractivity contribution in [2.24, 2.45) is 0 Å². The Bertz CT molecular complexity index is 29.7. The van der Waals surface area contributed by atoms with E-state index in [1.807, 2.05) is 0 Å². The van der Waals surface area contributed by atoms with Crippen LogP contribution in [0.5, 0.6) is 0 Å². The second-order valence-electron chi connectivity index (χ2n) is 1.96. The summed E-state index contributed by atoms with van der Waals surface area (Å²) >= 11 is 0.847. The summed E-state index contributed by atoms with van der Waals surface area (Å²) in [6, 6.07) is 0. The van der Waals surface area contributed by atoms with Crippen molar-refractivity contribution in [3.63, 3.8) is 0 Å². The van der Waals surface area contributed by atoms with Crippen LogP contribution in [0.15, 0.2) is 0 Å². The Morgan fingerprint density at radius 2 is 1.75 bits per heavy atom. The van der Waals surface area contributed by atoms with Gasteiger partial charge in [-0.15, -0.1) is 0 Å². The Morgan fingerprint density at radius 3 is 1.75 bits per heavy atom. The molecule has 0 saturated carbocycles. The van der Waals surface area contributed by atoms with Gasteiger partial charge in [0, 0.05) is 0 Å². The SMILES string of the molecule is CCC[C-](C)C.[Cl][Zn+]. The summed E-state index contributed by atoms with van der Waals surface area (Å²) in [5.74, 6) is 1.54. The summed E-state index contributed by atoms with van der Waals surface area (Å²) in [5, 5.41) is 0. The third-order valence-corrected chi connectivity index (χ3v) is 0.750. The molecule has 0 fully saturated rings. The van der Waals surface area contributed by atoms with Crippen molar-refractivity contribution >= 4 is 9.69 Å². The van der Waals surface area contributed by atoms with E-state index in [-0.39, 0.29) is 0 Å². The first-order valence-corrected chi connectivity index (χ1v) is 6.73. The molecule has 0 aliphatic rings. The van der Waals surface area contributed by atoms with Crippen molar-refractivity contribution in [2.75, 3.05) is 0 Å². The van der Waals surface area contributed by atoms with E-state index in [1.54, 1.807) is 0 Å². The van der Waals surface area contributed by atoms with E-state index in [9.17, 15) is 0 Å². The molecule has 0 atom stereocenters. The maximum atomic E-state index is 4.76. The molecular formula is C6H13ClZn. The molecular weight excluding hydrogens is 173 g/mol. The third-order valence-electron chi connectivity index (χ3n) is 0.750. The van der Waals surface area contributed by atoms with Gasteiger partial charge < -0.3 is 5.92 Å². The van der Waals surface area contributed by atoms with Crippen LogP contribution in [0.3, 0.4) is 0 Å². The summed E-state index contributed by atoms with van der Waals surface area (Å²) in [6.07, 6.45) is 2.59. The molecule has 0 aromatic rings. The van der Waals surface area contributed by atoms with Crippen LogP contribution in [-0.4, -0.2) is 0 Å². The molecule has 0 nitrogen and oxygen atoms in total. The van der Waals surface area contributed by atoms with Gasteiger partial charge in [0.25, 0.3) is 0 Å². The molecule has 2 heteroatoms. The first-order chi connectivity index (χ1) is 3.77. The normalized spacial score (nSPS) is 8.38. The van der Waals surface area contributed by atoms with Gasteiger partial charge in [-0.2, -0.15) is 20.3 Å². The van der Waals surface area contributed by atoms with Crippen LogP contribution < -0.4 is 0 Å². The van der Waals surface area contributed by atoms with E-state index < -0.39 is 0 Å². The molecule has 0 amide bonds. The molecule has 0 radical (unpaired) electrons. The number of hydrogen-bond donors (Lipinski definition) is 0. The zero-order valence-corrected chi connectivity index (χ0v) is 9.72. The molecule has 0 unspecified atom stereocenters. The Morgan fingerprint density at radius 1 is 1.38 bits per heavy atom. The summed E-state index contributed by atoms with van der Waals surface area (Å²) in [4.78, 5) is 0. The molecule has 0 saturated heterocycles. The second-order valence-corrected chi connectivity index (χ2v) is 1.96. The molecule has 0 aliphatic heterocycles. The molecule has 8 heavy (non-hydrogen) atoms. The van der Waals surface area contributed by atoms with Gasteiger partial charge in [-0.3, -0.25) is 0 Å². The van der Waals surface area contributed by atoms with E-state index in [0.717, 1.165) is 17.3 Å². The topological polar surface area (TPSA) is 0 Å². The van der Waals surface area contributed by atoms with Gasteiger partial charge >= 0.3 is 27.0 Å². The van der Waals surface area contributed by atoms with Crippen LogP contribution in [0.4, 0.5) is 0 Å². The van der Waals surface area contributed by atoms with Crippen LogP contribution in [0.25, 0.3) is 0 Å². The van der Waals surface area contributed by atoms with Crippen molar-refractivity contribution in [1.82, 2.24) is 0 Å². The molecule has 46 valence electrons. The van der Waals surface area contributed by atoms with Crippen molar-refractivity contribution < 1.29 is 17.3 Å². The fourth-order valence-electron chi connectivity index (χ4n) is 0.500. The average molecular weight is 186 g/mol. The number of rotatable bonds is 2. The Hall–Kier alpha value is 0.913. The molecule has 0 aliphatic carbocycles. The number of hydrogen-bond acceptors (Lipinski definition) is 0. The fraction of sp³-hybridized carbons (Fsp3) is 0.833. The van der Waals surface area contributed by atoms with Crippen LogP contribution in [-0.2, 0) is 17.3 Å². The van der Waals surface area contributed by atoms with Crippen molar-refractivity contribution in [1.29, 1.82) is 0 Å². The Kier molecular flexibility index (Phi) is 15.8. The molecule has 0 N–H and O–H groups in total. The molecule has 0 heterocycles. The first-order valence-electron chi connectivity index (χ1n) is 2.83. The Balaban J connectivity index is 0. The van der Waals surface area contributed by atoms with Crippen molar-refractivity contribution in [3.05, 3.63) is 5.92 Å². The molecule has 0 aromatic heterocycles. The summed E-state index contributed by atoms with van der Waals surface area (Å²) in [7, 11) is 4.76. The van der Waals surface area contributed by atoms with Crippen LogP contribution in [0.1, 0.15) is 33.6 Å². The minimum atomic E-state index is 0.847. The van der Waals surface area contributed by atoms with E-state index in [0.29, 0.717) is 0 Å². The quantitative estimate of drug-likeness (QED) is 0.459. The molecule has 0 rings (SSSR count). The van der Waals surface area contributed by atoms with Gasteiger partial charge in [-0.1, -0.05) is 13.3 Å². The monoisotopic (exact) mass is 184 g/mol. The van der Waals surface area contributed by atoms with E-state index in [1.165, 1.54) is 18.8 Å². The van der Waals surface area contributed by atoms with Crippen molar-refractivity contribution in [3.8, 4) is 0 Å². The summed E-state index contributed by atoms with van der Waals surface area (Å²) < 4.78 is 0. The number of halogens is 1. The van der Waals surface area contributed by atoms with Gasteiger partial charge in [-0.25, -0.2) is 0 Å². The van der Waals surface area contributed by atoms with E-state index in [2.05, 4.69) is 20.8 Å². The van der Waals surface area contributed by atoms with Crippen LogP contribution in [0, 0.1) is 5.92 Å². The maximum absolute atomic E-state index is 4.76. The molecule has 0 spiro atoms. The van der Waals surface area contributed by atoms with Gasteiger partial charge in [0.05, 0.1) is 0 Å². The second kappa shape index (κ2) is 10.8. The van der Waals surface area contributed by atoms with Gasteiger partial charge in [-0.05, 0) is 0 Å². The van der Waals surface area contributed by atoms with E-state index in [4.69, 9.17) is 9.69 Å². The summed E-state index contributed by atoms with van der Waals surface area (Å²) in [5.41, 5.74) is 0. The molecule has 0 aromatic carbocycles. The predicted octanol–water partition coefficient (Wildman–Crippen LogP) is 3.09. The van der Waals surface area contributed by atoms with Gasteiger partial charge in [0.15, 0.2) is 0 Å². The zero-order valence-electron chi connectivity index (χ0n) is 6.00. The van der Waals surface area contributed by atoms with Gasteiger partial charge in [0.2, 0.25) is 0 Å². The predicted molar refractivity (Wildman–Crippen MR) is 35.4 cm³/mol. The van der Waals surface area contributed by atoms with E-state index >= 15 is 0 Å². The fourth-order valence-corrected chi connectivity index (χ4v) is 0.500. The minimum absolute atomic E-state index is 0.847. The first kappa shape index (κ1) is 11.7. The van der Waals surface area contributed by atoms with Crippen molar-refractivity contribution in [2.45, 2.75) is 33.6 Å². The Labute approximate surface area is 66.7 Å². The van der Waals surface area contributed by atoms with Gasteiger partial charge in [0.1, 0.15) is 0 Å².